The lowest BCUT2D eigenvalue weighted by atomic mass is 9.87. The Labute approximate surface area is 243 Å². The Morgan fingerprint density at radius 1 is 0.805 bits per heavy atom. The standard InChI is InChI=1S/C26H22N2O3S.C8H8O/c1-15-4-7-18(8-5-15)13-21-24(19-9-11-22-23(14-19)28-32-27-22)25(29)31-26(21,30)20-10-6-16(2)17(3)12-20;1-7-2-4-8(6-9)5-3-7/h4-12,14,30H,13H2,1-3H3;2-6H,1H3. The van der Waals surface area contributed by atoms with E-state index in [1.807, 2.05) is 113 Å². The average Bonchev–Trinajstić information content (AvgIpc) is 3.53. The highest BCUT2D eigenvalue weighted by Crippen LogP contribution is 2.45. The molecule has 0 saturated carbocycles. The van der Waals surface area contributed by atoms with Crippen molar-refractivity contribution in [2.45, 2.75) is 39.9 Å². The number of carbonyl (C=O) groups excluding carboxylic acids is 2. The first-order valence-corrected chi connectivity index (χ1v) is 14.0. The van der Waals surface area contributed by atoms with Crippen LogP contribution in [0.1, 0.15) is 49.3 Å². The Balaban J connectivity index is 0.000000321. The third-order valence-electron chi connectivity index (χ3n) is 7.31. The number of aldehydes is 1. The molecule has 41 heavy (non-hydrogen) atoms. The number of benzene rings is 4. The minimum absolute atomic E-state index is 0.373. The summed E-state index contributed by atoms with van der Waals surface area (Å²) in [4.78, 5) is 23.3. The monoisotopic (exact) mass is 562 g/mol. The molecule has 1 aliphatic rings. The minimum Gasteiger partial charge on any atom is -0.421 e. The molecule has 6 rings (SSSR count). The van der Waals surface area contributed by atoms with Gasteiger partial charge in [0.25, 0.3) is 5.79 Å². The second-order valence-electron chi connectivity index (χ2n) is 10.3. The zero-order chi connectivity index (χ0) is 29.1. The second-order valence-corrected chi connectivity index (χ2v) is 10.9. The molecule has 206 valence electrons. The van der Waals surface area contributed by atoms with E-state index < -0.39 is 11.8 Å². The van der Waals surface area contributed by atoms with E-state index in [4.69, 9.17) is 4.74 Å². The van der Waals surface area contributed by atoms with E-state index in [-0.39, 0.29) is 0 Å². The first kappa shape index (κ1) is 28.1. The molecule has 5 aromatic rings. The van der Waals surface area contributed by atoms with Crippen LogP contribution in [0.4, 0.5) is 0 Å². The molecule has 0 amide bonds. The number of aryl methyl sites for hydroxylation is 4. The molecule has 0 saturated heterocycles. The van der Waals surface area contributed by atoms with Crippen molar-refractivity contribution in [3.05, 3.63) is 135 Å². The van der Waals surface area contributed by atoms with Crippen molar-refractivity contribution in [3.63, 3.8) is 0 Å². The zero-order valence-corrected chi connectivity index (χ0v) is 24.2. The lowest BCUT2D eigenvalue weighted by Gasteiger charge is -2.26. The summed E-state index contributed by atoms with van der Waals surface area (Å²) in [6, 6.07) is 26.7. The molecule has 6 nitrogen and oxygen atoms in total. The number of ether oxygens (including phenoxy) is 1. The maximum absolute atomic E-state index is 13.2. The summed E-state index contributed by atoms with van der Waals surface area (Å²) in [7, 11) is 0. The molecule has 4 aromatic carbocycles. The summed E-state index contributed by atoms with van der Waals surface area (Å²) in [6.45, 7) is 8.01. The van der Waals surface area contributed by atoms with E-state index in [1.165, 1.54) is 5.56 Å². The van der Waals surface area contributed by atoms with Gasteiger partial charge in [-0.2, -0.15) is 8.75 Å². The van der Waals surface area contributed by atoms with Gasteiger partial charge in [0.05, 0.1) is 17.3 Å². The normalized spacial score (nSPS) is 16.4. The van der Waals surface area contributed by atoms with Gasteiger partial charge in [0.2, 0.25) is 0 Å². The summed E-state index contributed by atoms with van der Waals surface area (Å²) < 4.78 is 14.3. The van der Waals surface area contributed by atoms with Crippen molar-refractivity contribution in [2.24, 2.45) is 0 Å². The van der Waals surface area contributed by atoms with Crippen LogP contribution in [0.3, 0.4) is 0 Å². The van der Waals surface area contributed by atoms with E-state index in [2.05, 4.69) is 8.75 Å². The van der Waals surface area contributed by atoms with Crippen LogP contribution in [0.25, 0.3) is 16.6 Å². The second kappa shape index (κ2) is 11.6. The first-order chi connectivity index (χ1) is 19.7. The van der Waals surface area contributed by atoms with Gasteiger partial charge in [0.15, 0.2) is 0 Å². The number of nitrogens with zero attached hydrogens (tertiary/aromatic N) is 2. The predicted octanol–water partition coefficient (Wildman–Crippen LogP) is 6.82. The van der Waals surface area contributed by atoms with Crippen LogP contribution in [0, 0.1) is 27.7 Å². The van der Waals surface area contributed by atoms with Crippen LogP contribution in [0.5, 0.6) is 0 Å². The highest BCUT2D eigenvalue weighted by atomic mass is 32.1. The third kappa shape index (κ3) is 5.87. The van der Waals surface area contributed by atoms with Crippen LogP contribution >= 0.6 is 11.7 Å². The van der Waals surface area contributed by atoms with Crippen LogP contribution < -0.4 is 0 Å². The molecule has 1 aromatic heterocycles. The molecule has 0 spiro atoms. The number of fused-ring (bicyclic) bond motifs is 1. The van der Waals surface area contributed by atoms with Gasteiger partial charge in [0.1, 0.15) is 17.3 Å². The van der Waals surface area contributed by atoms with Gasteiger partial charge in [-0.25, -0.2) is 4.79 Å². The molecule has 2 heterocycles. The van der Waals surface area contributed by atoms with E-state index >= 15 is 0 Å². The average molecular weight is 563 g/mol. The lowest BCUT2D eigenvalue weighted by molar-refractivity contribution is -0.185. The smallest absolute Gasteiger partial charge is 0.342 e. The lowest BCUT2D eigenvalue weighted by Crippen LogP contribution is -2.30. The van der Waals surface area contributed by atoms with Crippen molar-refractivity contribution < 1.29 is 19.4 Å². The molecular formula is C34H30N2O4S. The predicted molar refractivity (Wildman–Crippen MR) is 162 cm³/mol. The summed E-state index contributed by atoms with van der Waals surface area (Å²) in [6.07, 6.45) is 1.22. The van der Waals surface area contributed by atoms with Gasteiger partial charge < -0.3 is 9.84 Å². The summed E-state index contributed by atoms with van der Waals surface area (Å²) in [5.41, 5.74) is 9.77. The topological polar surface area (TPSA) is 89.4 Å². The molecular weight excluding hydrogens is 532 g/mol. The fraction of sp³-hybridized carbons (Fsp3) is 0.176. The van der Waals surface area contributed by atoms with Crippen LogP contribution in [0.15, 0.2) is 90.5 Å². The summed E-state index contributed by atoms with van der Waals surface area (Å²) in [5.74, 6) is -2.39. The Kier molecular flexibility index (Phi) is 7.92. The van der Waals surface area contributed by atoms with Gasteiger partial charge in [-0.3, -0.25) is 4.79 Å². The first-order valence-electron chi connectivity index (χ1n) is 13.2. The van der Waals surface area contributed by atoms with E-state index in [9.17, 15) is 14.7 Å². The van der Waals surface area contributed by atoms with Gasteiger partial charge in [0, 0.05) is 23.1 Å². The number of cyclic esters (lactones) is 1. The van der Waals surface area contributed by atoms with Crippen molar-refractivity contribution >= 4 is 40.6 Å². The van der Waals surface area contributed by atoms with E-state index in [0.717, 1.165) is 51.3 Å². The van der Waals surface area contributed by atoms with E-state index in [0.29, 0.717) is 34.2 Å². The Morgan fingerprint density at radius 2 is 1.46 bits per heavy atom. The van der Waals surface area contributed by atoms with Gasteiger partial charge in [-0.05, 0) is 68.1 Å². The number of carbonyl (C=O) groups is 2. The maximum Gasteiger partial charge on any atom is 0.342 e. The van der Waals surface area contributed by atoms with Gasteiger partial charge >= 0.3 is 5.97 Å². The fourth-order valence-electron chi connectivity index (χ4n) is 4.72. The number of aliphatic hydroxyl groups is 1. The molecule has 0 radical (unpaired) electrons. The van der Waals surface area contributed by atoms with Gasteiger partial charge in [-0.15, -0.1) is 0 Å². The Morgan fingerprint density at radius 3 is 2.12 bits per heavy atom. The Bertz CT molecular complexity index is 1770. The SMILES string of the molecule is Cc1ccc(C=O)cc1.Cc1ccc(CC2=C(c3ccc4nsnc4c3)C(=O)OC2(O)c2ccc(C)c(C)c2)cc1. The molecule has 0 aliphatic carbocycles. The van der Waals surface area contributed by atoms with Gasteiger partial charge in [-0.1, -0.05) is 77.9 Å². The van der Waals surface area contributed by atoms with Crippen LogP contribution in [-0.2, 0) is 21.7 Å². The number of esters is 1. The number of hydrogen-bond acceptors (Lipinski definition) is 7. The minimum atomic E-state index is -1.84. The maximum atomic E-state index is 13.2. The summed E-state index contributed by atoms with van der Waals surface area (Å²) >= 11 is 1.13. The fourth-order valence-corrected chi connectivity index (χ4v) is 5.24. The Hall–Kier alpha value is -4.46. The molecule has 1 N–H and O–H groups in total. The van der Waals surface area contributed by atoms with Crippen LogP contribution in [-0.4, -0.2) is 26.1 Å². The number of aromatic nitrogens is 2. The van der Waals surface area contributed by atoms with Crippen molar-refractivity contribution in [3.8, 4) is 0 Å². The number of hydrogen-bond donors (Lipinski definition) is 1. The highest BCUT2D eigenvalue weighted by molar-refractivity contribution is 7.00. The van der Waals surface area contributed by atoms with Crippen molar-refractivity contribution in [2.75, 3.05) is 0 Å². The van der Waals surface area contributed by atoms with Crippen molar-refractivity contribution in [1.29, 1.82) is 0 Å². The molecule has 7 heteroatoms. The summed E-state index contributed by atoms with van der Waals surface area (Å²) in [5, 5.41) is 11.8. The number of rotatable bonds is 5. The molecule has 1 atom stereocenters. The molecule has 0 bridgehead atoms. The highest BCUT2D eigenvalue weighted by Gasteiger charge is 2.48. The van der Waals surface area contributed by atoms with Crippen molar-refractivity contribution in [1.82, 2.24) is 8.75 Å². The third-order valence-corrected chi connectivity index (χ3v) is 7.87. The van der Waals surface area contributed by atoms with E-state index in [1.54, 1.807) is 0 Å². The molecule has 0 fully saturated rings. The van der Waals surface area contributed by atoms with Crippen LogP contribution in [0.2, 0.25) is 0 Å². The molecule has 1 aliphatic heterocycles. The quantitative estimate of drug-likeness (QED) is 0.187. The largest absolute Gasteiger partial charge is 0.421 e. The zero-order valence-electron chi connectivity index (χ0n) is 23.3. The molecule has 1 unspecified atom stereocenters.